The number of nitrogens with zero attached hydrogens (tertiary/aromatic N) is 1. The molecule has 5 nitrogen and oxygen atoms in total. The van der Waals surface area contributed by atoms with Crippen LogP contribution in [-0.4, -0.2) is 17.5 Å². The monoisotopic (exact) mass is 308 g/mol. The standard InChI is InChI=1S/C15H20N2O3S/c1-8(2)12(18)17-13-10(7-16)9(3)11(21-13)14(19)20-15(4,5)6/h8H,1-6H3,(H,17,18). The van der Waals surface area contributed by atoms with Gasteiger partial charge in [0.25, 0.3) is 0 Å². The highest BCUT2D eigenvalue weighted by molar-refractivity contribution is 7.18. The molecule has 1 amide bonds. The summed E-state index contributed by atoms with van der Waals surface area (Å²) in [5, 5.41) is 12.3. The largest absolute Gasteiger partial charge is 0.456 e. The van der Waals surface area contributed by atoms with Gasteiger partial charge in [0.1, 0.15) is 21.5 Å². The maximum Gasteiger partial charge on any atom is 0.349 e. The van der Waals surface area contributed by atoms with Crippen molar-refractivity contribution in [3.8, 4) is 6.07 Å². The Balaban J connectivity index is 3.15. The van der Waals surface area contributed by atoms with Gasteiger partial charge in [-0.3, -0.25) is 4.79 Å². The highest BCUT2D eigenvalue weighted by Crippen LogP contribution is 2.34. The van der Waals surface area contributed by atoms with E-state index in [0.29, 0.717) is 21.0 Å². The lowest BCUT2D eigenvalue weighted by Crippen LogP contribution is -2.23. The van der Waals surface area contributed by atoms with E-state index in [1.807, 2.05) is 6.07 Å². The highest BCUT2D eigenvalue weighted by atomic mass is 32.1. The minimum Gasteiger partial charge on any atom is -0.456 e. The van der Waals surface area contributed by atoms with Gasteiger partial charge in [-0.1, -0.05) is 13.8 Å². The molecule has 0 fully saturated rings. The number of carbonyl (C=O) groups is 2. The average Bonchev–Trinajstić information content (AvgIpc) is 2.63. The molecule has 114 valence electrons. The first kappa shape index (κ1) is 17.2. The summed E-state index contributed by atoms with van der Waals surface area (Å²) >= 11 is 1.08. The van der Waals surface area contributed by atoms with Crippen LogP contribution in [0.1, 0.15) is 55.4 Å². The molecule has 0 aliphatic heterocycles. The minimum atomic E-state index is -0.609. The number of rotatable bonds is 3. The van der Waals surface area contributed by atoms with Gasteiger partial charge in [0.2, 0.25) is 5.91 Å². The fourth-order valence-corrected chi connectivity index (χ4v) is 2.55. The lowest BCUT2D eigenvalue weighted by molar-refractivity contribution is -0.118. The van der Waals surface area contributed by atoms with Crippen LogP contribution < -0.4 is 5.32 Å². The van der Waals surface area contributed by atoms with Crippen LogP contribution in [0.3, 0.4) is 0 Å². The number of hydrogen-bond donors (Lipinski definition) is 1. The van der Waals surface area contributed by atoms with E-state index in [9.17, 15) is 14.9 Å². The number of carbonyl (C=O) groups excluding carboxylic acids is 2. The van der Waals surface area contributed by atoms with E-state index in [-0.39, 0.29) is 11.8 Å². The number of amides is 1. The van der Waals surface area contributed by atoms with Crippen molar-refractivity contribution in [3.05, 3.63) is 16.0 Å². The first-order valence-corrected chi connectivity index (χ1v) is 7.46. The molecule has 0 saturated heterocycles. The molecule has 1 N–H and O–H groups in total. The summed E-state index contributed by atoms with van der Waals surface area (Å²) in [7, 11) is 0. The third kappa shape index (κ3) is 4.30. The van der Waals surface area contributed by atoms with Crippen molar-refractivity contribution < 1.29 is 14.3 Å². The number of thiophene rings is 1. The molecule has 0 aromatic carbocycles. The van der Waals surface area contributed by atoms with Gasteiger partial charge >= 0.3 is 5.97 Å². The van der Waals surface area contributed by atoms with E-state index in [4.69, 9.17) is 4.74 Å². The zero-order chi connectivity index (χ0) is 16.4. The lowest BCUT2D eigenvalue weighted by Gasteiger charge is -2.19. The van der Waals surface area contributed by atoms with Crippen molar-refractivity contribution in [1.29, 1.82) is 5.26 Å². The topological polar surface area (TPSA) is 79.2 Å². The molecule has 21 heavy (non-hydrogen) atoms. The summed E-state index contributed by atoms with van der Waals surface area (Å²) in [6.45, 7) is 10.5. The molecule has 1 rings (SSSR count). The zero-order valence-electron chi connectivity index (χ0n) is 13.2. The molecule has 0 aliphatic rings. The van der Waals surface area contributed by atoms with E-state index in [1.165, 1.54) is 0 Å². The predicted octanol–water partition coefficient (Wildman–Crippen LogP) is 3.48. The van der Waals surface area contributed by atoms with E-state index in [0.717, 1.165) is 11.3 Å². The molecular weight excluding hydrogens is 288 g/mol. The maximum absolute atomic E-state index is 12.1. The van der Waals surface area contributed by atoms with Gasteiger partial charge in [-0.2, -0.15) is 5.26 Å². The van der Waals surface area contributed by atoms with Crippen molar-refractivity contribution in [3.63, 3.8) is 0 Å². The third-order valence-electron chi connectivity index (χ3n) is 2.60. The first-order chi connectivity index (χ1) is 9.56. The van der Waals surface area contributed by atoms with Gasteiger partial charge in [-0.15, -0.1) is 11.3 Å². The Kier molecular flexibility index (Phi) is 5.13. The molecule has 0 radical (unpaired) electrons. The summed E-state index contributed by atoms with van der Waals surface area (Å²) < 4.78 is 5.32. The van der Waals surface area contributed by atoms with Crippen LogP contribution in [0.4, 0.5) is 5.00 Å². The smallest absolute Gasteiger partial charge is 0.349 e. The van der Waals surface area contributed by atoms with Crippen LogP contribution >= 0.6 is 11.3 Å². The van der Waals surface area contributed by atoms with Gasteiger partial charge in [0, 0.05) is 5.92 Å². The lowest BCUT2D eigenvalue weighted by atomic mass is 10.1. The molecule has 0 aliphatic carbocycles. The number of nitrogens with one attached hydrogen (secondary N) is 1. The van der Waals surface area contributed by atoms with E-state index >= 15 is 0 Å². The highest BCUT2D eigenvalue weighted by Gasteiger charge is 2.25. The third-order valence-corrected chi connectivity index (χ3v) is 3.79. The first-order valence-electron chi connectivity index (χ1n) is 6.64. The summed E-state index contributed by atoms with van der Waals surface area (Å²) in [6, 6.07) is 2.03. The summed E-state index contributed by atoms with van der Waals surface area (Å²) in [5.41, 5.74) is 0.243. The molecule has 1 aromatic rings. The van der Waals surface area contributed by atoms with E-state index in [2.05, 4.69) is 5.32 Å². The minimum absolute atomic E-state index is 0.191. The van der Waals surface area contributed by atoms with Gasteiger partial charge in [0.05, 0.1) is 5.56 Å². The second kappa shape index (κ2) is 6.27. The SMILES string of the molecule is Cc1c(C(=O)OC(C)(C)C)sc(NC(=O)C(C)C)c1C#N. The van der Waals surface area contributed by atoms with E-state index < -0.39 is 11.6 Å². The van der Waals surface area contributed by atoms with Crippen LogP contribution in [0, 0.1) is 24.2 Å². The molecule has 0 atom stereocenters. The Labute approximate surface area is 128 Å². The van der Waals surface area contributed by atoms with Crippen LogP contribution in [0.2, 0.25) is 0 Å². The van der Waals surface area contributed by atoms with Crippen LogP contribution in [0.25, 0.3) is 0 Å². The molecule has 0 bridgehead atoms. The second-order valence-corrected chi connectivity index (χ2v) is 7.04. The Hall–Kier alpha value is -1.87. The Morgan fingerprint density at radius 3 is 2.33 bits per heavy atom. The Bertz CT molecular complexity index is 604. The molecule has 0 saturated carbocycles. The number of nitriles is 1. The average molecular weight is 308 g/mol. The number of hydrogen-bond acceptors (Lipinski definition) is 5. The molecule has 0 spiro atoms. The molecule has 6 heteroatoms. The second-order valence-electron chi connectivity index (χ2n) is 6.02. The fourth-order valence-electron chi connectivity index (χ4n) is 1.51. The fraction of sp³-hybridized carbons (Fsp3) is 0.533. The predicted molar refractivity (Wildman–Crippen MR) is 82.4 cm³/mol. The summed E-state index contributed by atoms with van der Waals surface area (Å²) in [4.78, 5) is 24.3. The molecular formula is C15H20N2O3S. The van der Waals surface area contributed by atoms with Crippen LogP contribution in [-0.2, 0) is 9.53 Å². The number of ether oxygens (including phenoxy) is 1. The molecule has 1 aromatic heterocycles. The molecule has 0 unspecified atom stereocenters. The zero-order valence-corrected chi connectivity index (χ0v) is 14.0. The van der Waals surface area contributed by atoms with Gasteiger partial charge in [-0.25, -0.2) is 4.79 Å². The van der Waals surface area contributed by atoms with Crippen molar-refractivity contribution in [2.45, 2.75) is 47.1 Å². The van der Waals surface area contributed by atoms with Gasteiger partial charge in [0.15, 0.2) is 0 Å². The molecule has 1 heterocycles. The van der Waals surface area contributed by atoms with Crippen molar-refractivity contribution in [2.24, 2.45) is 5.92 Å². The van der Waals surface area contributed by atoms with Crippen molar-refractivity contribution in [2.75, 3.05) is 5.32 Å². The van der Waals surface area contributed by atoms with Crippen molar-refractivity contribution in [1.82, 2.24) is 0 Å². The quantitative estimate of drug-likeness (QED) is 0.867. The van der Waals surface area contributed by atoms with Gasteiger partial charge < -0.3 is 10.1 Å². The van der Waals surface area contributed by atoms with Gasteiger partial charge in [-0.05, 0) is 33.3 Å². The van der Waals surface area contributed by atoms with Crippen LogP contribution in [0.5, 0.6) is 0 Å². The van der Waals surface area contributed by atoms with Crippen LogP contribution in [0.15, 0.2) is 0 Å². The Morgan fingerprint density at radius 2 is 1.90 bits per heavy atom. The maximum atomic E-state index is 12.1. The normalized spacial score (nSPS) is 11.1. The van der Waals surface area contributed by atoms with Crippen molar-refractivity contribution >= 4 is 28.2 Å². The number of anilines is 1. The Morgan fingerprint density at radius 1 is 1.33 bits per heavy atom. The van der Waals surface area contributed by atoms with E-state index in [1.54, 1.807) is 41.5 Å². The summed E-state index contributed by atoms with van der Waals surface area (Å²) in [5.74, 6) is -0.876. The number of esters is 1. The summed E-state index contributed by atoms with van der Waals surface area (Å²) in [6.07, 6.45) is 0.